The molecule has 0 aromatic carbocycles. The average Bonchev–Trinajstić information content (AvgIpc) is 2.96. The van der Waals surface area contributed by atoms with Crippen LogP contribution in [0.3, 0.4) is 0 Å². The maximum Gasteiger partial charge on any atom is 0.0676 e. The fourth-order valence-corrected chi connectivity index (χ4v) is 3.05. The van der Waals surface area contributed by atoms with Gasteiger partial charge in [-0.05, 0) is 66.8 Å². The van der Waals surface area contributed by atoms with E-state index in [1.54, 1.807) is 11.3 Å². The molecule has 1 atom stereocenters. The van der Waals surface area contributed by atoms with Gasteiger partial charge in [0.25, 0.3) is 0 Å². The predicted molar refractivity (Wildman–Crippen MR) is 85.2 cm³/mol. The molecule has 108 valence electrons. The lowest BCUT2D eigenvalue weighted by atomic mass is 9.97. The first-order valence-corrected chi connectivity index (χ1v) is 8.26. The summed E-state index contributed by atoms with van der Waals surface area (Å²) < 4.78 is 0. The molecule has 0 saturated carbocycles. The molecule has 1 unspecified atom stereocenters. The van der Waals surface area contributed by atoms with E-state index in [0.717, 1.165) is 37.2 Å². The first kappa shape index (κ1) is 15.1. The van der Waals surface area contributed by atoms with Crippen LogP contribution in [0.2, 0.25) is 0 Å². The first-order valence-electron chi connectivity index (χ1n) is 7.32. The molecular formula is C16H23N3S. The summed E-state index contributed by atoms with van der Waals surface area (Å²) in [6.07, 6.45) is 3.08. The molecule has 0 fully saturated rings. The average molecular weight is 289 g/mol. The monoisotopic (exact) mass is 289 g/mol. The Morgan fingerprint density at radius 2 is 2.15 bits per heavy atom. The Labute approximate surface area is 125 Å². The zero-order valence-corrected chi connectivity index (χ0v) is 13.3. The van der Waals surface area contributed by atoms with Gasteiger partial charge in [-0.2, -0.15) is 21.5 Å². The molecule has 20 heavy (non-hydrogen) atoms. The van der Waals surface area contributed by atoms with Crippen molar-refractivity contribution in [2.45, 2.75) is 46.1 Å². The van der Waals surface area contributed by atoms with E-state index in [-0.39, 0.29) is 0 Å². The molecule has 2 heterocycles. The van der Waals surface area contributed by atoms with Gasteiger partial charge in [0.15, 0.2) is 0 Å². The molecule has 2 aromatic heterocycles. The molecular weight excluding hydrogens is 266 g/mol. The van der Waals surface area contributed by atoms with Crippen LogP contribution in [-0.2, 0) is 12.8 Å². The van der Waals surface area contributed by atoms with Crippen LogP contribution >= 0.6 is 11.3 Å². The number of nitrogens with one attached hydrogen (secondary N) is 1. The van der Waals surface area contributed by atoms with Crippen molar-refractivity contribution in [1.82, 2.24) is 15.5 Å². The van der Waals surface area contributed by atoms with Gasteiger partial charge >= 0.3 is 0 Å². The Morgan fingerprint density at radius 3 is 2.80 bits per heavy atom. The van der Waals surface area contributed by atoms with Crippen molar-refractivity contribution < 1.29 is 0 Å². The van der Waals surface area contributed by atoms with Crippen LogP contribution in [0.5, 0.6) is 0 Å². The van der Waals surface area contributed by atoms with Gasteiger partial charge in [0.2, 0.25) is 0 Å². The summed E-state index contributed by atoms with van der Waals surface area (Å²) in [5.74, 6) is 0. The highest BCUT2D eigenvalue weighted by Gasteiger charge is 2.16. The van der Waals surface area contributed by atoms with E-state index < -0.39 is 0 Å². The fraction of sp³-hybridized carbons (Fsp3) is 0.500. The number of nitrogens with zero attached hydrogens (tertiary/aromatic N) is 2. The van der Waals surface area contributed by atoms with Gasteiger partial charge in [0.05, 0.1) is 11.4 Å². The minimum Gasteiger partial charge on any atom is -0.310 e. The third-order valence-corrected chi connectivity index (χ3v) is 4.13. The highest BCUT2D eigenvalue weighted by atomic mass is 32.1. The molecule has 0 bridgehead atoms. The number of thiophene rings is 1. The van der Waals surface area contributed by atoms with Crippen molar-refractivity contribution in [3.05, 3.63) is 45.4 Å². The Bertz CT molecular complexity index is 523. The Balaban J connectivity index is 2.27. The van der Waals surface area contributed by atoms with E-state index in [9.17, 15) is 0 Å². The van der Waals surface area contributed by atoms with Crippen LogP contribution < -0.4 is 5.32 Å². The zero-order chi connectivity index (χ0) is 14.4. The molecule has 2 aromatic rings. The maximum atomic E-state index is 4.37. The summed E-state index contributed by atoms with van der Waals surface area (Å²) in [4.78, 5) is 0. The SMILES string of the molecule is CCCNC(Cc1ccsc1)c1cc(C)nnc1CC. The summed E-state index contributed by atoms with van der Waals surface area (Å²) >= 11 is 1.76. The van der Waals surface area contributed by atoms with Crippen LogP contribution in [0, 0.1) is 6.92 Å². The normalized spacial score (nSPS) is 12.6. The van der Waals surface area contributed by atoms with E-state index >= 15 is 0 Å². The standard InChI is InChI=1S/C16H23N3S/c1-4-7-17-16(10-13-6-8-20-11-13)14-9-12(3)18-19-15(14)5-2/h6,8-9,11,16-17H,4-5,7,10H2,1-3H3. The van der Waals surface area contributed by atoms with Gasteiger partial charge in [-0.15, -0.1) is 0 Å². The molecule has 1 N–H and O–H groups in total. The number of aromatic nitrogens is 2. The van der Waals surface area contributed by atoms with Gasteiger partial charge in [-0.1, -0.05) is 13.8 Å². The summed E-state index contributed by atoms with van der Waals surface area (Å²) in [5, 5.41) is 16.6. The second kappa shape index (κ2) is 7.50. The number of aryl methyl sites for hydroxylation is 2. The molecule has 2 rings (SSSR count). The Kier molecular flexibility index (Phi) is 5.68. The van der Waals surface area contributed by atoms with Crippen molar-refractivity contribution >= 4 is 11.3 Å². The lowest BCUT2D eigenvalue weighted by Gasteiger charge is -2.21. The molecule has 0 radical (unpaired) electrons. The van der Waals surface area contributed by atoms with Crippen molar-refractivity contribution in [2.75, 3.05) is 6.54 Å². The van der Waals surface area contributed by atoms with E-state index in [1.165, 1.54) is 11.1 Å². The number of hydrogen-bond acceptors (Lipinski definition) is 4. The second-order valence-electron chi connectivity index (χ2n) is 5.08. The van der Waals surface area contributed by atoms with Crippen molar-refractivity contribution in [3.63, 3.8) is 0 Å². The van der Waals surface area contributed by atoms with Crippen molar-refractivity contribution in [2.24, 2.45) is 0 Å². The molecule has 0 spiro atoms. The fourth-order valence-electron chi connectivity index (χ4n) is 2.37. The molecule has 0 aliphatic rings. The van der Waals surface area contributed by atoms with E-state index in [4.69, 9.17) is 0 Å². The minimum absolute atomic E-state index is 0.327. The van der Waals surface area contributed by atoms with Crippen molar-refractivity contribution in [3.8, 4) is 0 Å². The molecule has 0 amide bonds. The zero-order valence-electron chi connectivity index (χ0n) is 12.5. The minimum atomic E-state index is 0.327. The Morgan fingerprint density at radius 1 is 1.30 bits per heavy atom. The lowest BCUT2D eigenvalue weighted by Crippen LogP contribution is -2.25. The number of rotatable bonds is 7. The summed E-state index contributed by atoms with van der Waals surface area (Å²) in [6, 6.07) is 4.72. The van der Waals surface area contributed by atoms with E-state index in [1.807, 2.05) is 6.92 Å². The third kappa shape index (κ3) is 3.87. The first-order chi connectivity index (χ1) is 9.74. The van der Waals surface area contributed by atoms with Crippen LogP contribution in [0.1, 0.15) is 48.8 Å². The highest BCUT2D eigenvalue weighted by Crippen LogP contribution is 2.23. The third-order valence-electron chi connectivity index (χ3n) is 3.40. The summed E-state index contributed by atoms with van der Waals surface area (Å²) in [6.45, 7) is 7.38. The lowest BCUT2D eigenvalue weighted by molar-refractivity contribution is 0.521. The van der Waals surface area contributed by atoms with Gasteiger partial charge in [0.1, 0.15) is 0 Å². The van der Waals surface area contributed by atoms with Crippen LogP contribution in [0.4, 0.5) is 0 Å². The largest absolute Gasteiger partial charge is 0.310 e. The van der Waals surface area contributed by atoms with Crippen LogP contribution in [-0.4, -0.2) is 16.7 Å². The smallest absolute Gasteiger partial charge is 0.0676 e. The molecule has 4 heteroatoms. The quantitative estimate of drug-likeness (QED) is 0.844. The summed E-state index contributed by atoms with van der Waals surface area (Å²) in [5.41, 5.74) is 4.80. The molecule has 0 aliphatic heterocycles. The van der Waals surface area contributed by atoms with Crippen molar-refractivity contribution in [1.29, 1.82) is 0 Å². The van der Waals surface area contributed by atoms with Gasteiger partial charge < -0.3 is 5.32 Å². The van der Waals surface area contributed by atoms with E-state index in [2.05, 4.69) is 52.3 Å². The van der Waals surface area contributed by atoms with Crippen LogP contribution in [0.25, 0.3) is 0 Å². The molecule has 0 aliphatic carbocycles. The van der Waals surface area contributed by atoms with Crippen LogP contribution in [0.15, 0.2) is 22.9 Å². The number of hydrogen-bond donors (Lipinski definition) is 1. The highest BCUT2D eigenvalue weighted by molar-refractivity contribution is 7.07. The van der Waals surface area contributed by atoms with Gasteiger partial charge in [-0.3, -0.25) is 0 Å². The topological polar surface area (TPSA) is 37.8 Å². The predicted octanol–water partition coefficient (Wildman–Crippen LogP) is 3.69. The van der Waals surface area contributed by atoms with Gasteiger partial charge in [0, 0.05) is 6.04 Å². The van der Waals surface area contributed by atoms with Gasteiger partial charge in [-0.25, -0.2) is 0 Å². The van der Waals surface area contributed by atoms with E-state index in [0.29, 0.717) is 6.04 Å². The maximum absolute atomic E-state index is 4.37. The summed E-state index contributed by atoms with van der Waals surface area (Å²) in [7, 11) is 0. The second-order valence-corrected chi connectivity index (χ2v) is 5.86. The molecule has 3 nitrogen and oxygen atoms in total. The Hall–Kier alpha value is -1.26. The molecule has 0 saturated heterocycles.